The third kappa shape index (κ3) is 4.02. The van der Waals surface area contributed by atoms with Crippen LogP contribution in [0.15, 0.2) is 0 Å². The molecule has 98 valence electrons. The summed E-state index contributed by atoms with van der Waals surface area (Å²) in [6, 6.07) is 0. The van der Waals surface area contributed by atoms with Crippen molar-refractivity contribution in [1.82, 2.24) is 5.32 Å². The van der Waals surface area contributed by atoms with Crippen LogP contribution < -0.4 is 5.32 Å². The summed E-state index contributed by atoms with van der Waals surface area (Å²) in [5, 5.41) is 2.72. The van der Waals surface area contributed by atoms with E-state index in [0.29, 0.717) is 12.8 Å². The fourth-order valence-electron chi connectivity index (χ4n) is 2.34. The molecule has 0 aliphatic heterocycles. The highest BCUT2D eigenvalue weighted by molar-refractivity contribution is 5.77. The van der Waals surface area contributed by atoms with Crippen LogP contribution >= 0.6 is 0 Å². The molecule has 0 aromatic rings. The summed E-state index contributed by atoms with van der Waals surface area (Å²) in [6.45, 7) is 9.63. The van der Waals surface area contributed by atoms with Crippen LogP contribution in [0.25, 0.3) is 0 Å². The van der Waals surface area contributed by atoms with Crippen molar-refractivity contribution in [2.75, 3.05) is 0 Å². The molecule has 4 heteroatoms. The Morgan fingerprint density at radius 1 is 1.29 bits per heavy atom. The molecule has 0 bridgehead atoms. The molecule has 0 radical (unpaired) electrons. The van der Waals surface area contributed by atoms with Gasteiger partial charge in [0.1, 0.15) is 11.9 Å². The average Bonchev–Trinajstić information content (AvgIpc) is 2.39. The fourth-order valence-corrected chi connectivity index (χ4v) is 2.34. The minimum Gasteiger partial charge on any atom is -0.444 e. The molecule has 0 spiro atoms. The predicted molar refractivity (Wildman–Crippen MR) is 65.8 cm³/mol. The molecular formula is C13H23NO3. The van der Waals surface area contributed by atoms with Gasteiger partial charge in [0.2, 0.25) is 0 Å². The highest BCUT2D eigenvalue weighted by Gasteiger charge is 2.44. The van der Waals surface area contributed by atoms with Gasteiger partial charge >= 0.3 is 6.09 Å². The third-order valence-corrected chi connectivity index (χ3v) is 3.02. The molecule has 1 aliphatic rings. The van der Waals surface area contributed by atoms with Gasteiger partial charge in [0.25, 0.3) is 0 Å². The molecule has 1 N–H and O–H groups in total. The molecule has 4 nitrogen and oxygen atoms in total. The van der Waals surface area contributed by atoms with Gasteiger partial charge in [0.15, 0.2) is 0 Å². The van der Waals surface area contributed by atoms with Crippen LogP contribution in [0.3, 0.4) is 0 Å². The number of ether oxygens (including phenoxy) is 1. The number of carbonyl (C=O) groups is 2. The van der Waals surface area contributed by atoms with Gasteiger partial charge in [-0.2, -0.15) is 0 Å². The van der Waals surface area contributed by atoms with E-state index in [-0.39, 0.29) is 5.41 Å². The second-order valence-corrected chi connectivity index (χ2v) is 6.74. The summed E-state index contributed by atoms with van der Waals surface area (Å²) in [7, 11) is 0. The minimum atomic E-state index is -0.744. The average molecular weight is 241 g/mol. The number of hydrogen-bond donors (Lipinski definition) is 1. The van der Waals surface area contributed by atoms with Gasteiger partial charge in [-0.15, -0.1) is 0 Å². The Balaban J connectivity index is 2.66. The number of nitrogens with one attached hydrogen (secondary N) is 1. The van der Waals surface area contributed by atoms with Crippen LogP contribution in [0, 0.1) is 5.41 Å². The number of amides is 1. The zero-order chi connectivity index (χ0) is 13.3. The first kappa shape index (κ1) is 14.0. The van der Waals surface area contributed by atoms with Gasteiger partial charge in [0.05, 0.1) is 5.54 Å². The van der Waals surface area contributed by atoms with Crippen LogP contribution in [-0.2, 0) is 9.53 Å². The summed E-state index contributed by atoms with van der Waals surface area (Å²) < 4.78 is 5.19. The lowest BCUT2D eigenvalue weighted by atomic mass is 9.88. The summed E-state index contributed by atoms with van der Waals surface area (Å²) in [5.74, 6) is 0. The van der Waals surface area contributed by atoms with Crippen molar-refractivity contribution in [3.63, 3.8) is 0 Å². The van der Waals surface area contributed by atoms with E-state index in [9.17, 15) is 9.59 Å². The summed E-state index contributed by atoms with van der Waals surface area (Å²) >= 11 is 0. The van der Waals surface area contributed by atoms with Gasteiger partial charge < -0.3 is 14.8 Å². The SMILES string of the molecule is CC1(C)CCC(C=O)(NC(=O)OC(C)(C)C)C1. The Morgan fingerprint density at radius 3 is 2.24 bits per heavy atom. The van der Waals surface area contributed by atoms with Crippen molar-refractivity contribution >= 4 is 12.4 Å². The van der Waals surface area contributed by atoms with Crippen molar-refractivity contribution in [3.8, 4) is 0 Å². The third-order valence-electron chi connectivity index (χ3n) is 3.02. The smallest absolute Gasteiger partial charge is 0.408 e. The molecule has 0 aromatic heterocycles. The second-order valence-electron chi connectivity index (χ2n) is 6.74. The molecule has 1 rings (SSSR count). The number of carbonyl (C=O) groups excluding carboxylic acids is 2. The maximum Gasteiger partial charge on any atom is 0.408 e. The monoisotopic (exact) mass is 241 g/mol. The van der Waals surface area contributed by atoms with Gasteiger partial charge in [0, 0.05) is 0 Å². The van der Waals surface area contributed by atoms with Crippen LogP contribution in [0.4, 0.5) is 4.79 Å². The lowest BCUT2D eigenvalue weighted by molar-refractivity contribution is -0.113. The highest BCUT2D eigenvalue weighted by Crippen LogP contribution is 2.42. The highest BCUT2D eigenvalue weighted by atomic mass is 16.6. The van der Waals surface area contributed by atoms with Crippen LogP contribution in [0.2, 0.25) is 0 Å². The number of aldehydes is 1. The number of rotatable bonds is 2. The van der Waals surface area contributed by atoms with E-state index in [1.54, 1.807) is 20.8 Å². The molecular weight excluding hydrogens is 218 g/mol. The molecule has 0 aromatic carbocycles. The van der Waals surface area contributed by atoms with Gasteiger partial charge in [-0.3, -0.25) is 0 Å². The molecule has 1 fully saturated rings. The molecule has 1 aliphatic carbocycles. The first-order chi connectivity index (χ1) is 7.58. The predicted octanol–water partition coefficient (Wildman–Crippen LogP) is 2.66. The first-order valence-electron chi connectivity index (χ1n) is 6.05. The van der Waals surface area contributed by atoms with E-state index in [2.05, 4.69) is 19.2 Å². The molecule has 0 heterocycles. The topological polar surface area (TPSA) is 55.4 Å². The van der Waals surface area contributed by atoms with E-state index in [0.717, 1.165) is 12.7 Å². The molecule has 0 saturated heterocycles. The first-order valence-corrected chi connectivity index (χ1v) is 6.05. The number of alkyl carbamates (subject to hydrolysis) is 1. The Bertz CT molecular complexity index is 317. The van der Waals surface area contributed by atoms with Gasteiger partial charge in [-0.05, 0) is 45.4 Å². The van der Waals surface area contributed by atoms with E-state index >= 15 is 0 Å². The van der Waals surface area contributed by atoms with Crippen LogP contribution in [0.5, 0.6) is 0 Å². The van der Waals surface area contributed by atoms with E-state index < -0.39 is 17.2 Å². The quantitative estimate of drug-likeness (QED) is 0.756. The normalized spacial score (nSPS) is 27.6. The van der Waals surface area contributed by atoms with E-state index in [4.69, 9.17) is 4.74 Å². The van der Waals surface area contributed by atoms with Crippen molar-refractivity contribution < 1.29 is 14.3 Å². The molecule has 1 amide bonds. The lowest BCUT2D eigenvalue weighted by Crippen LogP contribution is -2.50. The molecule has 17 heavy (non-hydrogen) atoms. The maximum absolute atomic E-state index is 11.7. The Morgan fingerprint density at radius 2 is 1.88 bits per heavy atom. The zero-order valence-corrected chi connectivity index (χ0v) is 11.4. The second kappa shape index (κ2) is 4.31. The largest absolute Gasteiger partial charge is 0.444 e. The van der Waals surface area contributed by atoms with Crippen molar-refractivity contribution in [1.29, 1.82) is 0 Å². The Hall–Kier alpha value is -1.06. The van der Waals surface area contributed by atoms with Crippen LogP contribution in [-0.4, -0.2) is 23.5 Å². The van der Waals surface area contributed by atoms with Gasteiger partial charge in [-0.25, -0.2) is 4.79 Å². The molecule has 1 unspecified atom stereocenters. The Kier molecular flexibility index (Phi) is 3.55. The molecule has 1 saturated carbocycles. The lowest BCUT2D eigenvalue weighted by Gasteiger charge is -2.28. The van der Waals surface area contributed by atoms with Gasteiger partial charge in [-0.1, -0.05) is 13.8 Å². The summed E-state index contributed by atoms with van der Waals surface area (Å²) in [6.07, 6.45) is 2.63. The van der Waals surface area contributed by atoms with Crippen molar-refractivity contribution in [2.45, 2.75) is 65.0 Å². The minimum absolute atomic E-state index is 0.0932. The van der Waals surface area contributed by atoms with E-state index in [1.807, 2.05) is 0 Å². The zero-order valence-electron chi connectivity index (χ0n) is 11.4. The summed E-state index contributed by atoms with van der Waals surface area (Å²) in [4.78, 5) is 22.9. The van der Waals surface area contributed by atoms with Crippen LogP contribution in [0.1, 0.15) is 53.9 Å². The summed E-state index contributed by atoms with van der Waals surface area (Å²) in [5.41, 5.74) is -1.19. The molecule has 1 atom stereocenters. The van der Waals surface area contributed by atoms with E-state index in [1.165, 1.54) is 0 Å². The van der Waals surface area contributed by atoms with Crippen molar-refractivity contribution in [3.05, 3.63) is 0 Å². The Labute approximate surface area is 103 Å². The maximum atomic E-state index is 11.7. The number of hydrogen-bond acceptors (Lipinski definition) is 3. The van der Waals surface area contributed by atoms with Crippen molar-refractivity contribution in [2.24, 2.45) is 5.41 Å². The fraction of sp³-hybridized carbons (Fsp3) is 0.846. The standard InChI is InChI=1S/C13H23NO3/c1-11(2,3)17-10(16)14-13(9-15)7-6-12(4,5)8-13/h9H,6-8H2,1-5H3,(H,14,16).